The van der Waals surface area contributed by atoms with E-state index in [4.69, 9.17) is 9.97 Å². The van der Waals surface area contributed by atoms with E-state index in [1.165, 1.54) is 0 Å². The molecule has 3 nitrogen and oxygen atoms in total. The van der Waals surface area contributed by atoms with Crippen LogP contribution in [0.15, 0.2) is 30.3 Å². The number of anilines is 1. The fourth-order valence-corrected chi connectivity index (χ4v) is 2.74. The van der Waals surface area contributed by atoms with Crippen LogP contribution < -0.4 is 5.32 Å². The predicted octanol–water partition coefficient (Wildman–Crippen LogP) is 4.77. The number of nitrogens with zero attached hydrogens (tertiary/aromatic N) is 2. The van der Waals surface area contributed by atoms with Crippen LogP contribution in [0.1, 0.15) is 32.9 Å². The SMILES string of the molecule is CCCNc1nc(-c2ccccc2)nc(CC(C)C)c1I. The lowest BCUT2D eigenvalue weighted by Gasteiger charge is -2.14. The van der Waals surface area contributed by atoms with E-state index in [1.807, 2.05) is 18.2 Å². The van der Waals surface area contributed by atoms with Gasteiger partial charge in [0.25, 0.3) is 0 Å². The maximum atomic E-state index is 4.79. The van der Waals surface area contributed by atoms with Gasteiger partial charge in [-0.1, -0.05) is 51.1 Å². The van der Waals surface area contributed by atoms with Gasteiger partial charge in [0, 0.05) is 12.1 Å². The molecule has 21 heavy (non-hydrogen) atoms. The zero-order valence-electron chi connectivity index (χ0n) is 12.9. The molecule has 0 saturated carbocycles. The van der Waals surface area contributed by atoms with Gasteiger partial charge in [-0.3, -0.25) is 0 Å². The number of benzene rings is 1. The Balaban J connectivity index is 2.45. The molecule has 0 fully saturated rings. The highest BCUT2D eigenvalue weighted by Crippen LogP contribution is 2.25. The van der Waals surface area contributed by atoms with Crippen LogP contribution in [-0.2, 0) is 6.42 Å². The molecule has 1 N–H and O–H groups in total. The highest BCUT2D eigenvalue weighted by Gasteiger charge is 2.14. The minimum Gasteiger partial charge on any atom is -0.369 e. The summed E-state index contributed by atoms with van der Waals surface area (Å²) < 4.78 is 1.15. The molecule has 2 rings (SSSR count). The Bertz CT molecular complexity index is 582. The van der Waals surface area contributed by atoms with E-state index in [1.54, 1.807) is 0 Å². The Morgan fingerprint density at radius 1 is 1.14 bits per heavy atom. The third-order valence-electron chi connectivity index (χ3n) is 3.10. The molecule has 1 heterocycles. The highest BCUT2D eigenvalue weighted by atomic mass is 127. The first-order valence-electron chi connectivity index (χ1n) is 7.47. The zero-order valence-corrected chi connectivity index (χ0v) is 15.0. The number of hydrogen-bond donors (Lipinski definition) is 1. The number of aromatic nitrogens is 2. The molecule has 0 saturated heterocycles. The van der Waals surface area contributed by atoms with E-state index in [2.05, 4.69) is 60.8 Å². The lowest BCUT2D eigenvalue weighted by atomic mass is 10.1. The second-order valence-electron chi connectivity index (χ2n) is 5.55. The first-order valence-corrected chi connectivity index (χ1v) is 8.55. The van der Waals surface area contributed by atoms with Crippen molar-refractivity contribution in [3.8, 4) is 11.4 Å². The standard InChI is InChI=1S/C17H22IN3/c1-4-10-19-17-15(18)14(11-12(2)3)20-16(21-17)13-8-6-5-7-9-13/h5-9,12H,4,10-11H2,1-3H3,(H,19,20,21). The molecule has 4 heteroatoms. The van der Waals surface area contributed by atoms with E-state index in [-0.39, 0.29) is 0 Å². The first-order chi connectivity index (χ1) is 10.1. The van der Waals surface area contributed by atoms with Gasteiger partial charge in [-0.25, -0.2) is 9.97 Å². The van der Waals surface area contributed by atoms with Gasteiger partial charge in [-0.15, -0.1) is 0 Å². The first kappa shape index (κ1) is 16.2. The van der Waals surface area contributed by atoms with Crippen LogP contribution in [0.4, 0.5) is 5.82 Å². The molecule has 0 aliphatic rings. The molecule has 0 bridgehead atoms. The van der Waals surface area contributed by atoms with Crippen molar-refractivity contribution in [2.45, 2.75) is 33.6 Å². The molecule has 0 spiro atoms. The molecule has 1 aromatic heterocycles. The van der Waals surface area contributed by atoms with Crippen LogP contribution in [0.25, 0.3) is 11.4 Å². The Hall–Kier alpha value is -1.17. The van der Waals surface area contributed by atoms with Gasteiger partial charge in [0.2, 0.25) is 0 Å². The average molecular weight is 395 g/mol. The Morgan fingerprint density at radius 2 is 1.86 bits per heavy atom. The summed E-state index contributed by atoms with van der Waals surface area (Å²) in [5, 5.41) is 3.43. The Labute approximate surface area is 140 Å². The van der Waals surface area contributed by atoms with Gasteiger partial charge in [-0.05, 0) is 41.4 Å². The zero-order chi connectivity index (χ0) is 15.2. The second kappa shape index (κ2) is 7.73. The molecule has 112 valence electrons. The van der Waals surface area contributed by atoms with Crippen molar-refractivity contribution in [1.82, 2.24) is 9.97 Å². The van der Waals surface area contributed by atoms with Crippen molar-refractivity contribution in [2.24, 2.45) is 5.92 Å². The molecule has 0 unspecified atom stereocenters. The van der Waals surface area contributed by atoms with Crippen molar-refractivity contribution in [3.63, 3.8) is 0 Å². The van der Waals surface area contributed by atoms with Crippen LogP contribution in [0.3, 0.4) is 0 Å². The van der Waals surface area contributed by atoms with Gasteiger partial charge in [0.1, 0.15) is 5.82 Å². The summed E-state index contributed by atoms with van der Waals surface area (Å²) in [5.41, 5.74) is 2.21. The summed E-state index contributed by atoms with van der Waals surface area (Å²) in [6.07, 6.45) is 2.06. The van der Waals surface area contributed by atoms with Crippen LogP contribution >= 0.6 is 22.6 Å². The van der Waals surface area contributed by atoms with Gasteiger partial charge in [-0.2, -0.15) is 0 Å². The molecule has 2 aromatic rings. The molecule has 0 aliphatic heterocycles. The minimum absolute atomic E-state index is 0.580. The van der Waals surface area contributed by atoms with Crippen LogP contribution in [0.5, 0.6) is 0 Å². The quantitative estimate of drug-likeness (QED) is 0.717. The molecule has 1 aromatic carbocycles. The van der Waals surface area contributed by atoms with Crippen LogP contribution in [0, 0.1) is 9.49 Å². The third kappa shape index (κ3) is 4.40. The van der Waals surface area contributed by atoms with Crippen molar-refractivity contribution >= 4 is 28.4 Å². The smallest absolute Gasteiger partial charge is 0.161 e. The van der Waals surface area contributed by atoms with Crippen molar-refractivity contribution in [3.05, 3.63) is 39.6 Å². The van der Waals surface area contributed by atoms with Crippen molar-refractivity contribution in [2.75, 3.05) is 11.9 Å². The average Bonchev–Trinajstić information content (AvgIpc) is 2.48. The normalized spacial score (nSPS) is 10.9. The molecule has 0 atom stereocenters. The van der Waals surface area contributed by atoms with E-state index in [0.717, 1.165) is 45.9 Å². The van der Waals surface area contributed by atoms with E-state index >= 15 is 0 Å². The van der Waals surface area contributed by atoms with Gasteiger partial charge < -0.3 is 5.32 Å². The molecule has 0 radical (unpaired) electrons. The fraction of sp³-hybridized carbons (Fsp3) is 0.412. The summed E-state index contributed by atoms with van der Waals surface area (Å²) in [6.45, 7) is 7.54. The molecular formula is C17H22IN3. The maximum absolute atomic E-state index is 4.79. The van der Waals surface area contributed by atoms with Gasteiger partial charge in [0.05, 0.1) is 9.26 Å². The Kier molecular flexibility index (Phi) is 5.96. The van der Waals surface area contributed by atoms with Crippen LogP contribution in [-0.4, -0.2) is 16.5 Å². The summed E-state index contributed by atoms with van der Waals surface area (Å²) in [6, 6.07) is 10.2. The summed E-state index contributed by atoms with van der Waals surface area (Å²) in [4.78, 5) is 9.51. The van der Waals surface area contributed by atoms with Crippen LogP contribution in [0.2, 0.25) is 0 Å². The number of nitrogens with one attached hydrogen (secondary N) is 1. The topological polar surface area (TPSA) is 37.8 Å². The van der Waals surface area contributed by atoms with E-state index in [9.17, 15) is 0 Å². The largest absolute Gasteiger partial charge is 0.369 e. The van der Waals surface area contributed by atoms with Crippen molar-refractivity contribution in [1.29, 1.82) is 0 Å². The monoisotopic (exact) mass is 395 g/mol. The third-order valence-corrected chi connectivity index (χ3v) is 4.23. The molecule has 0 aliphatic carbocycles. The lowest BCUT2D eigenvalue weighted by Crippen LogP contribution is -2.10. The van der Waals surface area contributed by atoms with Gasteiger partial charge >= 0.3 is 0 Å². The molecule has 0 amide bonds. The van der Waals surface area contributed by atoms with E-state index in [0.29, 0.717) is 5.92 Å². The number of hydrogen-bond acceptors (Lipinski definition) is 3. The minimum atomic E-state index is 0.580. The highest BCUT2D eigenvalue weighted by molar-refractivity contribution is 14.1. The summed E-state index contributed by atoms with van der Waals surface area (Å²) in [7, 11) is 0. The lowest BCUT2D eigenvalue weighted by molar-refractivity contribution is 0.632. The number of halogens is 1. The number of rotatable bonds is 6. The molecular weight excluding hydrogens is 373 g/mol. The summed E-state index contributed by atoms with van der Waals surface area (Å²) >= 11 is 2.36. The van der Waals surface area contributed by atoms with Crippen molar-refractivity contribution < 1.29 is 0 Å². The summed E-state index contributed by atoms with van der Waals surface area (Å²) in [5.74, 6) is 2.35. The predicted molar refractivity (Wildman–Crippen MR) is 97.5 cm³/mol. The van der Waals surface area contributed by atoms with E-state index < -0.39 is 0 Å². The fourth-order valence-electron chi connectivity index (χ4n) is 2.09. The maximum Gasteiger partial charge on any atom is 0.161 e. The Morgan fingerprint density at radius 3 is 2.48 bits per heavy atom. The van der Waals surface area contributed by atoms with Gasteiger partial charge in [0.15, 0.2) is 5.82 Å². The second-order valence-corrected chi connectivity index (χ2v) is 6.63.